The molecule has 0 fully saturated rings. The number of ether oxygens (including phenoxy) is 1. The van der Waals surface area contributed by atoms with E-state index < -0.39 is 51.2 Å². The van der Waals surface area contributed by atoms with E-state index in [1.807, 2.05) is 13.8 Å². The Morgan fingerprint density at radius 2 is 1.20 bits per heavy atom. The molecule has 2 aromatic carbocycles. The highest BCUT2D eigenvalue weighted by molar-refractivity contribution is 6.17. The van der Waals surface area contributed by atoms with Crippen LogP contribution < -0.4 is 10.2 Å². The summed E-state index contributed by atoms with van der Waals surface area (Å²) in [5.41, 5.74) is -1.62. The second-order valence-electron chi connectivity index (χ2n) is 11.4. The van der Waals surface area contributed by atoms with E-state index in [4.69, 9.17) is 9.15 Å². The molecule has 0 amide bonds. The van der Waals surface area contributed by atoms with Crippen molar-refractivity contribution >= 4 is 28.5 Å². The Kier molecular flexibility index (Phi) is 13.6. The molecule has 0 aliphatic carbocycles. The Balaban J connectivity index is 2.30. The number of carbonyl (C=O) groups is 3. The molecule has 0 radical (unpaired) electrons. The van der Waals surface area contributed by atoms with Gasteiger partial charge in [-0.3, -0.25) is 19.2 Å². The van der Waals surface area contributed by atoms with Crippen LogP contribution in [-0.2, 0) is 4.79 Å². The van der Waals surface area contributed by atoms with Crippen molar-refractivity contribution in [3.8, 4) is 28.6 Å². The van der Waals surface area contributed by atoms with Gasteiger partial charge in [0.25, 0.3) is 0 Å². The van der Waals surface area contributed by atoms with Crippen LogP contribution in [0.4, 0.5) is 0 Å². The molecular formula is C36H46O8. The average molecular weight is 607 g/mol. The second-order valence-corrected chi connectivity index (χ2v) is 11.4. The first kappa shape index (κ1) is 34.5. The summed E-state index contributed by atoms with van der Waals surface area (Å²) < 4.78 is 11.8. The maximum absolute atomic E-state index is 13.9. The molecular weight excluding hydrogens is 560 g/mol. The number of hydrogen-bond donors (Lipinski definition) is 2. The Bertz CT molecular complexity index is 1490. The maximum Gasteiger partial charge on any atom is 0.311 e. The standard InChI is InChI=1S/C36H46O8/c1-4-7-10-16-21-25(37)28-31(40)29(26(38)22-17-11-8-5-2)36-30(35(28)43-27(39)23-18-12-9-6-3)32(41)33(42)34(44-36)24-19-14-13-15-20-24/h13-15,19-20,40,42H,4-12,16-18,21-23H2,1-3H3. The molecule has 0 atom stereocenters. The predicted molar refractivity (Wildman–Crippen MR) is 172 cm³/mol. The third-order valence-electron chi connectivity index (χ3n) is 7.80. The lowest BCUT2D eigenvalue weighted by Crippen LogP contribution is -2.17. The molecule has 2 N–H and O–H groups in total. The number of carbonyl (C=O) groups excluding carboxylic acids is 3. The molecule has 8 heteroatoms. The number of aromatic hydroxyl groups is 2. The lowest BCUT2D eigenvalue weighted by atomic mass is 9.92. The van der Waals surface area contributed by atoms with E-state index in [-0.39, 0.29) is 36.2 Å². The van der Waals surface area contributed by atoms with Gasteiger partial charge in [0.2, 0.25) is 11.2 Å². The molecule has 0 unspecified atom stereocenters. The van der Waals surface area contributed by atoms with Crippen LogP contribution in [0.5, 0.6) is 17.2 Å². The van der Waals surface area contributed by atoms with Crippen LogP contribution in [0.3, 0.4) is 0 Å². The third-order valence-corrected chi connectivity index (χ3v) is 7.80. The summed E-state index contributed by atoms with van der Waals surface area (Å²) in [6.45, 7) is 6.15. The number of phenols is 1. The van der Waals surface area contributed by atoms with Crippen LogP contribution >= 0.6 is 0 Å². The summed E-state index contributed by atoms with van der Waals surface area (Å²) >= 11 is 0. The molecule has 8 nitrogen and oxygen atoms in total. The highest BCUT2D eigenvalue weighted by Gasteiger charge is 2.33. The molecule has 238 valence electrons. The van der Waals surface area contributed by atoms with Crippen LogP contribution in [0.15, 0.2) is 39.5 Å². The highest BCUT2D eigenvalue weighted by Crippen LogP contribution is 2.44. The number of esters is 1. The molecule has 3 rings (SSSR count). The molecule has 44 heavy (non-hydrogen) atoms. The molecule has 0 aliphatic rings. The lowest BCUT2D eigenvalue weighted by Gasteiger charge is -2.18. The summed E-state index contributed by atoms with van der Waals surface area (Å²) in [7, 11) is 0. The number of Topliss-reactive ketones (excluding diaryl/α,β-unsaturated/α-hetero) is 2. The van der Waals surface area contributed by atoms with Gasteiger partial charge in [-0.25, -0.2) is 0 Å². The molecule has 0 aliphatic heterocycles. The second kappa shape index (κ2) is 17.4. The summed E-state index contributed by atoms with van der Waals surface area (Å²) in [5, 5.41) is 22.3. The zero-order valence-electron chi connectivity index (χ0n) is 26.3. The van der Waals surface area contributed by atoms with Gasteiger partial charge in [0.05, 0.1) is 0 Å². The normalized spacial score (nSPS) is 11.2. The fraction of sp³-hybridized carbons (Fsp3) is 0.500. The van der Waals surface area contributed by atoms with Crippen LogP contribution in [-0.4, -0.2) is 27.7 Å². The Morgan fingerprint density at radius 3 is 1.75 bits per heavy atom. The Hall–Kier alpha value is -3.94. The summed E-state index contributed by atoms with van der Waals surface area (Å²) in [4.78, 5) is 54.3. The van der Waals surface area contributed by atoms with Crippen molar-refractivity contribution in [3.63, 3.8) is 0 Å². The van der Waals surface area contributed by atoms with Crippen molar-refractivity contribution in [2.24, 2.45) is 0 Å². The number of unbranched alkanes of at least 4 members (excludes halogenated alkanes) is 9. The van der Waals surface area contributed by atoms with Gasteiger partial charge < -0.3 is 19.4 Å². The van der Waals surface area contributed by atoms with Gasteiger partial charge in [0.15, 0.2) is 28.7 Å². The van der Waals surface area contributed by atoms with E-state index in [0.717, 1.165) is 57.8 Å². The van der Waals surface area contributed by atoms with Crippen molar-refractivity contribution in [3.05, 3.63) is 51.7 Å². The SMILES string of the molecule is CCCCCCC(=O)Oc1c(C(=O)CCCCCC)c(O)c(C(=O)CCCCCC)c2oc(-c3ccccc3)c(O)c(=O)c12. The van der Waals surface area contributed by atoms with Gasteiger partial charge in [-0.15, -0.1) is 0 Å². The highest BCUT2D eigenvalue weighted by atomic mass is 16.5. The minimum atomic E-state index is -0.959. The monoisotopic (exact) mass is 606 g/mol. The van der Waals surface area contributed by atoms with Crippen molar-refractivity contribution in [1.82, 2.24) is 0 Å². The molecule has 0 saturated carbocycles. The first-order valence-electron chi connectivity index (χ1n) is 16.2. The molecule has 0 bridgehead atoms. The summed E-state index contributed by atoms with van der Waals surface area (Å²) in [6.07, 6.45) is 9.73. The van der Waals surface area contributed by atoms with E-state index in [2.05, 4.69) is 6.92 Å². The maximum atomic E-state index is 13.9. The van der Waals surface area contributed by atoms with Crippen LogP contribution in [0, 0.1) is 0 Å². The van der Waals surface area contributed by atoms with E-state index in [9.17, 15) is 29.4 Å². The van der Waals surface area contributed by atoms with Gasteiger partial charge in [-0.2, -0.15) is 0 Å². The smallest absolute Gasteiger partial charge is 0.311 e. The van der Waals surface area contributed by atoms with Crippen molar-refractivity contribution in [2.45, 2.75) is 117 Å². The summed E-state index contributed by atoms with van der Waals surface area (Å²) in [6, 6.07) is 8.40. The fourth-order valence-electron chi connectivity index (χ4n) is 5.31. The summed E-state index contributed by atoms with van der Waals surface area (Å²) in [5.74, 6) is -3.83. The largest absolute Gasteiger partial charge is 0.506 e. The molecule has 0 saturated heterocycles. The van der Waals surface area contributed by atoms with Gasteiger partial charge >= 0.3 is 5.97 Å². The number of ketones is 2. The first-order chi connectivity index (χ1) is 21.3. The van der Waals surface area contributed by atoms with Gasteiger partial charge in [-0.1, -0.05) is 109 Å². The Labute approximate surface area is 259 Å². The number of hydrogen-bond acceptors (Lipinski definition) is 8. The minimum absolute atomic E-state index is 0.0175. The van der Waals surface area contributed by atoms with Crippen LogP contribution in [0.25, 0.3) is 22.3 Å². The van der Waals surface area contributed by atoms with Crippen LogP contribution in [0.1, 0.15) is 138 Å². The van der Waals surface area contributed by atoms with Crippen molar-refractivity contribution in [1.29, 1.82) is 0 Å². The first-order valence-corrected chi connectivity index (χ1v) is 16.2. The number of rotatable bonds is 19. The lowest BCUT2D eigenvalue weighted by molar-refractivity contribution is -0.134. The van der Waals surface area contributed by atoms with Gasteiger partial charge in [-0.05, 0) is 19.3 Å². The van der Waals surface area contributed by atoms with E-state index in [1.54, 1.807) is 30.3 Å². The molecule has 1 heterocycles. The zero-order valence-corrected chi connectivity index (χ0v) is 26.3. The number of phenolic OH excluding ortho intramolecular Hbond substituents is 1. The average Bonchev–Trinajstić information content (AvgIpc) is 3.01. The van der Waals surface area contributed by atoms with Crippen LogP contribution in [0.2, 0.25) is 0 Å². The van der Waals surface area contributed by atoms with Crippen molar-refractivity contribution < 1.29 is 33.8 Å². The Morgan fingerprint density at radius 1 is 0.682 bits per heavy atom. The molecule has 0 spiro atoms. The van der Waals surface area contributed by atoms with E-state index >= 15 is 0 Å². The van der Waals surface area contributed by atoms with Crippen molar-refractivity contribution in [2.75, 3.05) is 0 Å². The van der Waals surface area contributed by atoms with Gasteiger partial charge in [0, 0.05) is 24.8 Å². The fourth-order valence-corrected chi connectivity index (χ4v) is 5.31. The zero-order chi connectivity index (χ0) is 32.1. The number of benzene rings is 2. The molecule has 1 aromatic heterocycles. The third kappa shape index (κ3) is 8.58. The van der Waals surface area contributed by atoms with E-state index in [0.29, 0.717) is 24.8 Å². The predicted octanol–water partition coefficient (Wildman–Crippen LogP) is 9.05. The van der Waals surface area contributed by atoms with E-state index in [1.165, 1.54) is 0 Å². The topological polar surface area (TPSA) is 131 Å². The number of fused-ring (bicyclic) bond motifs is 1. The molecule has 3 aromatic rings. The quantitative estimate of drug-likeness (QED) is 0.0598. The van der Waals surface area contributed by atoms with Gasteiger partial charge in [0.1, 0.15) is 22.3 Å². The minimum Gasteiger partial charge on any atom is -0.506 e.